The fraction of sp³-hybridized carbons (Fsp3) is 0.350. The monoisotopic (exact) mass is 350 g/mol. The number of rotatable bonds is 3. The van der Waals surface area contributed by atoms with Gasteiger partial charge in [0.2, 0.25) is 0 Å². The zero-order valence-corrected chi connectivity index (χ0v) is 14.8. The average molecular weight is 350 g/mol. The highest BCUT2D eigenvalue weighted by atomic mass is 16.5. The second-order valence-electron chi connectivity index (χ2n) is 6.71. The number of hydrogen-bond acceptors (Lipinski definition) is 4. The molecule has 6 heteroatoms. The number of aryl methyl sites for hydroxylation is 1. The molecule has 0 aromatic carbocycles. The molecule has 1 aliphatic heterocycles. The number of carbonyl (C=O) groups excluding carboxylic acids is 1. The molecule has 0 saturated carbocycles. The van der Waals surface area contributed by atoms with Crippen molar-refractivity contribution in [1.29, 1.82) is 0 Å². The van der Waals surface area contributed by atoms with Crippen LogP contribution < -0.4 is 0 Å². The third kappa shape index (κ3) is 3.32. The lowest BCUT2D eigenvalue weighted by Gasteiger charge is -2.24. The predicted octanol–water partition coefficient (Wildman–Crippen LogP) is 2.37. The van der Waals surface area contributed by atoms with E-state index in [0.717, 1.165) is 23.3 Å². The van der Waals surface area contributed by atoms with Gasteiger partial charge < -0.3 is 14.0 Å². The summed E-state index contributed by atoms with van der Waals surface area (Å²) in [5.74, 6) is 0.243. The molecular formula is C20H22N4O2. The lowest BCUT2D eigenvalue weighted by atomic mass is 10.0. The van der Waals surface area contributed by atoms with Crippen LogP contribution in [0.25, 0.3) is 5.52 Å². The summed E-state index contributed by atoms with van der Waals surface area (Å²) in [4.78, 5) is 23.6. The van der Waals surface area contributed by atoms with Gasteiger partial charge in [0.1, 0.15) is 0 Å². The van der Waals surface area contributed by atoms with Crippen molar-refractivity contribution in [3.63, 3.8) is 0 Å². The minimum Gasteiger partial charge on any atom is -0.379 e. The van der Waals surface area contributed by atoms with Crippen molar-refractivity contribution < 1.29 is 9.53 Å². The zero-order chi connectivity index (χ0) is 17.9. The number of nitrogens with zero attached hydrogens (tertiary/aromatic N) is 4. The molecule has 0 spiro atoms. The van der Waals surface area contributed by atoms with E-state index in [4.69, 9.17) is 4.74 Å². The minimum absolute atomic E-state index is 0.0277. The molecule has 4 rings (SSSR count). The standard InChI is InChI=1S/C20H22N4O2/c1-15-17(4-2-6-21-15)20(25)24-10-11-26-14-16(13-24)12-18-19-5-3-8-23(19)9-7-22-18/h2-9,16H,10-14H2,1H3/t16-/m0/s1. The summed E-state index contributed by atoms with van der Waals surface area (Å²) in [6.45, 7) is 4.34. The van der Waals surface area contributed by atoms with Gasteiger partial charge in [0.15, 0.2) is 0 Å². The summed E-state index contributed by atoms with van der Waals surface area (Å²) in [5.41, 5.74) is 3.58. The Labute approximate surface area is 152 Å². The van der Waals surface area contributed by atoms with Crippen molar-refractivity contribution >= 4 is 11.4 Å². The maximum atomic E-state index is 13.0. The smallest absolute Gasteiger partial charge is 0.255 e. The van der Waals surface area contributed by atoms with Crippen molar-refractivity contribution in [3.8, 4) is 0 Å². The van der Waals surface area contributed by atoms with Crippen LogP contribution in [0.1, 0.15) is 21.7 Å². The van der Waals surface area contributed by atoms with Crippen LogP contribution in [0.2, 0.25) is 0 Å². The van der Waals surface area contributed by atoms with Crippen LogP contribution in [0.5, 0.6) is 0 Å². The Bertz CT molecular complexity index is 921. The molecule has 1 aliphatic rings. The van der Waals surface area contributed by atoms with E-state index in [9.17, 15) is 4.79 Å². The summed E-state index contributed by atoms with van der Waals surface area (Å²) in [7, 11) is 0. The fourth-order valence-electron chi connectivity index (χ4n) is 3.53. The topological polar surface area (TPSA) is 59.7 Å². The van der Waals surface area contributed by atoms with Crippen LogP contribution in [0, 0.1) is 12.8 Å². The second kappa shape index (κ2) is 7.25. The highest BCUT2D eigenvalue weighted by Gasteiger charge is 2.25. The maximum Gasteiger partial charge on any atom is 0.255 e. The molecule has 6 nitrogen and oxygen atoms in total. The Balaban J connectivity index is 1.54. The predicted molar refractivity (Wildman–Crippen MR) is 98.1 cm³/mol. The molecule has 4 heterocycles. The van der Waals surface area contributed by atoms with E-state index >= 15 is 0 Å². The quantitative estimate of drug-likeness (QED) is 0.728. The molecule has 1 amide bonds. The Morgan fingerprint density at radius 3 is 3.04 bits per heavy atom. The van der Waals surface area contributed by atoms with Crippen LogP contribution in [-0.2, 0) is 11.2 Å². The molecule has 3 aromatic rings. The molecule has 1 atom stereocenters. The first-order chi connectivity index (χ1) is 12.7. The third-order valence-corrected chi connectivity index (χ3v) is 4.88. The van der Waals surface area contributed by atoms with E-state index in [1.165, 1.54) is 0 Å². The number of ether oxygens (including phenoxy) is 1. The molecule has 0 aliphatic carbocycles. The highest BCUT2D eigenvalue weighted by Crippen LogP contribution is 2.18. The number of amides is 1. The van der Waals surface area contributed by atoms with E-state index in [0.29, 0.717) is 31.9 Å². The van der Waals surface area contributed by atoms with Crippen LogP contribution in [0.15, 0.2) is 49.1 Å². The Hall–Kier alpha value is -2.73. The van der Waals surface area contributed by atoms with Crippen LogP contribution >= 0.6 is 0 Å². The van der Waals surface area contributed by atoms with Gasteiger partial charge in [-0.05, 0) is 37.6 Å². The van der Waals surface area contributed by atoms with Gasteiger partial charge in [-0.15, -0.1) is 0 Å². The van der Waals surface area contributed by atoms with E-state index < -0.39 is 0 Å². The normalized spacial score (nSPS) is 18.0. The third-order valence-electron chi connectivity index (χ3n) is 4.88. The van der Waals surface area contributed by atoms with Gasteiger partial charge in [-0.25, -0.2) is 0 Å². The number of fused-ring (bicyclic) bond motifs is 1. The van der Waals surface area contributed by atoms with Gasteiger partial charge in [0.25, 0.3) is 5.91 Å². The molecule has 134 valence electrons. The van der Waals surface area contributed by atoms with Gasteiger partial charge in [-0.2, -0.15) is 0 Å². The summed E-state index contributed by atoms with van der Waals surface area (Å²) in [6, 6.07) is 7.74. The molecule has 26 heavy (non-hydrogen) atoms. The lowest BCUT2D eigenvalue weighted by Crippen LogP contribution is -2.37. The SMILES string of the molecule is Cc1ncccc1C(=O)N1CCOC[C@@H](Cc2nccn3cccc23)C1. The Kier molecular flexibility index (Phi) is 4.67. The van der Waals surface area contributed by atoms with Crippen LogP contribution in [-0.4, -0.2) is 51.5 Å². The first kappa shape index (κ1) is 16.7. The molecule has 3 aromatic heterocycles. The van der Waals surface area contributed by atoms with E-state index in [-0.39, 0.29) is 11.8 Å². The van der Waals surface area contributed by atoms with Crippen LogP contribution in [0.4, 0.5) is 0 Å². The Morgan fingerprint density at radius 2 is 2.15 bits per heavy atom. The Morgan fingerprint density at radius 1 is 1.23 bits per heavy atom. The molecule has 0 unspecified atom stereocenters. The van der Waals surface area contributed by atoms with Crippen LogP contribution in [0.3, 0.4) is 0 Å². The van der Waals surface area contributed by atoms with Gasteiger partial charge in [0.05, 0.1) is 30.0 Å². The van der Waals surface area contributed by atoms with Gasteiger partial charge >= 0.3 is 0 Å². The molecule has 0 bridgehead atoms. The zero-order valence-electron chi connectivity index (χ0n) is 14.8. The minimum atomic E-state index is 0.0277. The van der Waals surface area contributed by atoms with E-state index in [2.05, 4.69) is 20.4 Å². The van der Waals surface area contributed by atoms with Gasteiger partial charge in [-0.1, -0.05) is 0 Å². The van der Waals surface area contributed by atoms with Gasteiger partial charge in [-0.3, -0.25) is 14.8 Å². The average Bonchev–Trinajstić information content (AvgIpc) is 3.02. The number of hydrogen-bond donors (Lipinski definition) is 0. The van der Waals surface area contributed by atoms with E-state index in [1.54, 1.807) is 6.20 Å². The largest absolute Gasteiger partial charge is 0.379 e. The number of pyridine rings is 1. The van der Waals surface area contributed by atoms with Crippen molar-refractivity contribution in [1.82, 2.24) is 19.3 Å². The molecule has 1 saturated heterocycles. The number of carbonyl (C=O) groups is 1. The fourth-order valence-corrected chi connectivity index (χ4v) is 3.53. The first-order valence-electron chi connectivity index (χ1n) is 8.91. The molecular weight excluding hydrogens is 328 g/mol. The lowest BCUT2D eigenvalue weighted by molar-refractivity contribution is 0.0736. The van der Waals surface area contributed by atoms with Crippen molar-refractivity contribution in [2.24, 2.45) is 5.92 Å². The first-order valence-corrected chi connectivity index (χ1v) is 8.91. The van der Waals surface area contributed by atoms with Crippen molar-refractivity contribution in [2.45, 2.75) is 13.3 Å². The number of aromatic nitrogens is 3. The van der Waals surface area contributed by atoms with Gasteiger partial charge in [0, 0.05) is 49.5 Å². The molecule has 1 fully saturated rings. The summed E-state index contributed by atoms with van der Waals surface area (Å²) in [6.07, 6.45) is 8.28. The summed E-state index contributed by atoms with van der Waals surface area (Å²) < 4.78 is 7.85. The highest BCUT2D eigenvalue weighted by molar-refractivity contribution is 5.95. The summed E-state index contributed by atoms with van der Waals surface area (Å²) in [5, 5.41) is 0. The maximum absolute atomic E-state index is 13.0. The molecule has 0 radical (unpaired) electrons. The second-order valence-corrected chi connectivity index (χ2v) is 6.71. The summed E-state index contributed by atoms with van der Waals surface area (Å²) >= 11 is 0. The molecule has 0 N–H and O–H groups in total. The van der Waals surface area contributed by atoms with Crippen molar-refractivity contribution in [3.05, 3.63) is 66.0 Å². The van der Waals surface area contributed by atoms with Crippen molar-refractivity contribution in [2.75, 3.05) is 26.3 Å². The van der Waals surface area contributed by atoms with E-state index in [1.807, 2.05) is 48.6 Å².